The predicted octanol–water partition coefficient (Wildman–Crippen LogP) is 4.05. The average Bonchev–Trinajstić information content (AvgIpc) is 2.62. The van der Waals surface area contributed by atoms with E-state index in [-0.39, 0.29) is 17.3 Å². The smallest absolute Gasteiger partial charge is 0.307 e. The van der Waals surface area contributed by atoms with Gasteiger partial charge in [-0.15, -0.1) is 11.3 Å². The summed E-state index contributed by atoms with van der Waals surface area (Å²) in [4.78, 5) is 12.7. The van der Waals surface area contributed by atoms with E-state index in [1.165, 1.54) is 10.4 Å². The predicted molar refractivity (Wildman–Crippen MR) is 70.6 cm³/mol. The molecule has 17 heavy (non-hydrogen) atoms. The summed E-state index contributed by atoms with van der Waals surface area (Å²) in [7, 11) is 0. The number of aryl methyl sites for hydroxylation is 1. The first kappa shape index (κ1) is 12.6. The Morgan fingerprint density at radius 3 is 2.76 bits per heavy atom. The van der Waals surface area contributed by atoms with Crippen LogP contribution in [0.2, 0.25) is 0 Å². The van der Waals surface area contributed by atoms with Gasteiger partial charge in [0.1, 0.15) is 0 Å². The molecule has 1 saturated carbocycles. The van der Waals surface area contributed by atoms with Crippen molar-refractivity contribution in [3.63, 3.8) is 0 Å². The molecule has 2 unspecified atom stereocenters. The normalized spacial score (nSPS) is 27.9. The molecular weight excluding hydrogens is 232 g/mol. The van der Waals surface area contributed by atoms with E-state index in [0.29, 0.717) is 0 Å². The van der Waals surface area contributed by atoms with E-state index in [4.69, 9.17) is 0 Å². The van der Waals surface area contributed by atoms with E-state index >= 15 is 0 Å². The molecule has 0 aliphatic heterocycles. The highest BCUT2D eigenvalue weighted by molar-refractivity contribution is 7.10. The first-order chi connectivity index (χ1) is 7.91. The molecule has 2 atom stereocenters. The van der Waals surface area contributed by atoms with Gasteiger partial charge in [0.15, 0.2) is 0 Å². The highest BCUT2D eigenvalue weighted by atomic mass is 32.1. The van der Waals surface area contributed by atoms with Crippen LogP contribution in [0.15, 0.2) is 11.4 Å². The molecule has 0 radical (unpaired) electrons. The van der Waals surface area contributed by atoms with Gasteiger partial charge in [0.05, 0.1) is 5.92 Å². The van der Waals surface area contributed by atoms with Crippen LogP contribution in [0.25, 0.3) is 0 Å². The van der Waals surface area contributed by atoms with Gasteiger partial charge < -0.3 is 5.11 Å². The molecule has 1 aliphatic carbocycles. The minimum Gasteiger partial charge on any atom is -0.481 e. The minimum atomic E-state index is -0.627. The van der Waals surface area contributed by atoms with Gasteiger partial charge in [-0.05, 0) is 48.6 Å². The van der Waals surface area contributed by atoms with Crippen molar-refractivity contribution in [1.82, 2.24) is 0 Å². The highest BCUT2D eigenvalue weighted by Gasteiger charge is 2.40. The van der Waals surface area contributed by atoms with Crippen LogP contribution in [0, 0.1) is 18.3 Å². The van der Waals surface area contributed by atoms with E-state index in [1.807, 2.05) is 0 Å². The number of carboxylic acid groups (broad SMARTS) is 1. The third-order valence-electron chi connectivity index (χ3n) is 3.95. The lowest BCUT2D eigenvalue weighted by molar-refractivity contribution is -0.144. The molecule has 0 bridgehead atoms. The second-order valence-corrected chi connectivity index (χ2v) is 6.87. The summed E-state index contributed by atoms with van der Waals surface area (Å²) in [5.74, 6) is -0.616. The van der Waals surface area contributed by atoms with Crippen LogP contribution in [0.1, 0.15) is 49.5 Å². The first-order valence-corrected chi connectivity index (χ1v) is 7.05. The standard InChI is InChI=1S/C14H20O2S/c1-9-5-7-17-12(9)11-8-14(2,3)6-4-10(11)13(15)16/h5,7,10-11H,4,6,8H2,1-3H3,(H,15,16). The van der Waals surface area contributed by atoms with E-state index in [9.17, 15) is 9.90 Å². The Bertz CT molecular complexity index is 420. The fourth-order valence-electron chi connectivity index (χ4n) is 2.92. The maximum atomic E-state index is 11.4. The summed E-state index contributed by atoms with van der Waals surface area (Å²) < 4.78 is 0. The van der Waals surface area contributed by atoms with Crippen LogP contribution >= 0.6 is 11.3 Å². The van der Waals surface area contributed by atoms with Gasteiger partial charge in [-0.3, -0.25) is 4.79 Å². The van der Waals surface area contributed by atoms with Crippen LogP contribution < -0.4 is 0 Å². The fraction of sp³-hybridized carbons (Fsp3) is 0.643. The van der Waals surface area contributed by atoms with Crippen molar-refractivity contribution in [2.75, 3.05) is 0 Å². The van der Waals surface area contributed by atoms with Crippen LogP contribution in [0.3, 0.4) is 0 Å². The molecule has 1 aromatic rings. The molecule has 0 aromatic carbocycles. The lowest BCUT2D eigenvalue weighted by Gasteiger charge is -2.39. The van der Waals surface area contributed by atoms with Gasteiger partial charge in [0, 0.05) is 10.8 Å². The molecule has 0 amide bonds. The van der Waals surface area contributed by atoms with E-state index in [2.05, 4.69) is 32.2 Å². The molecule has 1 fully saturated rings. The number of carboxylic acids is 1. The van der Waals surface area contributed by atoms with Crippen molar-refractivity contribution in [2.24, 2.45) is 11.3 Å². The SMILES string of the molecule is Cc1ccsc1C1CC(C)(C)CCC1C(=O)O. The zero-order valence-corrected chi connectivity index (χ0v) is 11.5. The molecule has 3 heteroatoms. The molecule has 1 aliphatic rings. The third-order valence-corrected chi connectivity index (χ3v) is 5.10. The molecule has 0 spiro atoms. The van der Waals surface area contributed by atoms with Crippen molar-refractivity contribution < 1.29 is 9.90 Å². The summed E-state index contributed by atoms with van der Waals surface area (Å²) in [6.45, 7) is 6.59. The van der Waals surface area contributed by atoms with Gasteiger partial charge in [-0.1, -0.05) is 13.8 Å². The van der Waals surface area contributed by atoms with Crippen molar-refractivity contribution >= 4 is 17.3 Å². The molecule has 1 aromatic heterocycles. The van der Waals surface area contributed by atoms with Crippen LogP contribution in [0.5, 0.6) is 0 Å². The Hall–Kier alpha value is -0.830. The zero-order valence-electron chi connectivity index (χ0n) is 10.7. The topological polar surface area (TPSA) is 37.3 Å². The van der Waals surface area contributed by atoms with E-state index in [1.54, 1.807) is 11.3 Å². The van der Waals surface area contributed by atoms with Gasteiger partial charge in [0.2, 0.25) is 0 Å². The average molecular weight is 252 g/mol. The molecule has 2 rings (SSSR count). The number of carbonyl (C=O) groups is 1. The Balaban J connectivity index is 2.32. The second-order valence-electron chi connectivity index (χ2n) is 5.93. The van der Waals surface area contributed by atoms with Crippen LogP contribution in [-0.4, -0.2) is 11.1 Å². The van der Waals surface area contributed by atoms with Gasteiger partial charge in [-0.2, -0.15) is 0 Å². The molecule has 1 N–H and O–H groups in total. The maximum Gasteiger partial charge on any atom is 0.307 e. The Morgan fingerprint density at radius 2 is 2.24 bits per heavy atom. The Kier molecular flexibility index (Phi) is 3.30. The number of rotatable bonds is 2. The van der Waals surface area contributed by atoms with Gasteiger partial charge in [0.25, 0.3) is 0 Å². The summed E-state index contributed by atoms with van der Waals surface area (Å²) in [5, 5.41) is 11.4. The van der Waals surface area contributed by atoms with Crippen molar-refractivity contribution in [3.05, 3.63) is 21.9 Å². The second kappa shape index (κ2) is 4.45. The van der Waals surface area contributed by atoms with Gasteiger partial charge in [-0.25, -0.2) is 0 Å². The Morgan fingerprint density at radius 1 is 1.53 bits per heavy atom. The quantitative estimate of drug-likeness (QED) is 0.862. The van der Waals surface area contributed by atoms with Crippen molar-refractivity contribution in [1.29, 1.82) is 0 Å². The summed E-state index contributed by atoms with van der Waals surface area (Å²) >= 11 is 1.71. The number of hydrogen-bond donors (Lipinski definition) is 1. The largest absolute Gasteiger partial charge is 0.481 e. The molecule has 1 heterocycles. The zero-order chi connectivity index (χ0) is 12.6. The fourth-order valence-corrected chi connectivity index (χ4v) is 4.02. The van der Waals surface area contributed by atoms with Crippen molar-refractivity contribution in [2.45, 2.75) is 46.0 Å². The van der Waals surface area contributed by atoms with E-state index in [0.717, 1.165) is 19.3 Å². The number of thiophene rings is 1. The van der Waals surface area contributed by atoms with Crippen LogP contribution in [0.4, 0.5) is 0 Å². The molecule has 2 nitrogen and oxygen atoms in total. The number of hydrogen-bond acceptors (Lipinski definition) is 2. The molecular formula is C14H20O2S. The van der Waals surface area contributed by atoms with Gasteiger partial charge >= 0.3 is 5.97 Å². The summed E-state index contributed by atoms with van der Waals surface area (Å²) in [6, 6.07) is 2.10. The lowest BCUT2D eigenvalue weighted by atomic mass is 9.66. The molecule has 94 valence electrons. The minimum absolute atomic E-state index is 0.194. The lowest BCUT2D eigenvalue weighted by Crippen LogP contribution is -2.32. The first-order valence-electron chi connectivity index (χ1n) is 6.17. The van der Waals surface area contributed by atoms with E-state index < -0.39 is 5.97 Å². The number of aliphatic carboxylic acids is 1. The Labute approximate surface area is 107 Å². The summed E-state index contributed by atoms with van der Waals surface area (Å²) in [6.07, 6.45) is 2.82. The monoisotopic (exact) mass is 252 g/mol. The van der Waals surface area contributed by atoms with Crippen molar-refractivity contribution in [3.8, 4) is 0 Å². The third kappa shape index (κ3) is 2.54. The highest BCUT2D eigenvalue weighted by Crippen LogP contribution is 2.48. The molecule has 0 saturated heterocycles. The van der Waals surface area contributed by atoms with Crippen LogP contribution in [-0.2, 0) is 4.79 Å². The maximum absolute atomic E-state index is 11.4. The summed E-state index contributed by atoms with van der Waals surface area (Å²) in [5.41, 5.74) is 1.52.